The monoisotopic (exact) mass is 440 g/mol. The van der Waals surface area contributed by atoms with E-state index in [1.54, 1.807) is 17.5 Å². The summed E-state index contributed by atoms with van der Waals surface area (Å²) in [6, 6.07) is 14.5. The summed E-state index contributed by atoms with van der Waals surface area (Å²) in [6.07, 6.45) is 0. The normalized spacial score (nSPS) is 13.9. The quantitative estimate of drug-likeness (QED) is 0.603. The highest BCUT2D eigenvalue weighted by molar-refractivity contribution is 7.13. The van der Waals surface area contributed by atoms with Crippen molar-refractivity contribution in [2.75, 3.05) is 42.6 Å². The van der Waals surface area contributed by atoms with E-state index in [1.165, 1.54) is 17.4 Å². The number of nitrogens with one attached hydrogen (secondary N) is 1. The third kappa shape index (κ3) is 5.14. The van der Waals surface area contributed by atoms with Gasteiger partial charge >= 0.3 is 0 Å². The zero-order chi connectivity index (χ0) is 21.6. The lowest BCUT2D eigenvalue weighted by molar-refractivity contribution is 0.0946. The van der Waals surface area contributed by atoms with E-state index in [-0.39, 0.29) is 11.7 Å². The maximum atomic E-state index is 14.0. The molecule has 2 aromatic carbocycles. The van der Waals surface area contributed by atoms with Crippen LogP contribution in [0.25, 0.3) is 0 Å². The summed E-state index contributed by atoms with van der Waals surface area (Å²) in [7, 11) is 0. The minimum absolute atomic E-state index is 0.193. The summed E-state index contributed by atoms with van der Waals surface area (Å²) >= 11 is 1.46. The van der Waals surface area contributed by atoms with Crippen LogP contribution in [-0.2, 0) is 6.54 Å². The van der Waals surface area contributed by atoms with Crippen LogP contribution < -0.4 is 19.9 Å². The molecule has 0 aliphatic carbocycles. The number of aromatic nitrogens is 1. The van der Waals surface area contributed by atoms with Gasteiger partial charge in [0.15, 0.2) is 5.13 Å². The van der Waals surface area contributed by atoms with Gasteiger partial charge < -0.3 is 19.9 Å². The van der Waals surface area contributed by atoms with E-state index >= 15 is 0 Å². The highest BCUT2D eigenvalue weighted by atomic mass is 32.1. The zero-order valence-electron chi connectivity index (χ0n) is 17.4. The minimum atomic E-state index is -0.198. The van der Waals surface area contributed by atoms with Crippen molar-refractivity contribution < 1.29 is 13.9 Å². The van der Waals surface area contributed by atoms with Crippen LogP contribution in [0.1, 0.15) is 23.0 Å². The number of piperazine rings is 1. The predicted molar refractivity (Wildman–Crippen MR) is 122 cm³/mol. The molecule has 6 nitrogen and oxygen atoms in total. The average Bonchev–Trinajstić information content (AvgIpc) is 3.30. The van der Waals surface area contributed by atoms with Crippen LogP contribution >= 0.6 is 11.3 Å². The van der Waals surface area contributed by atoms with Gasteiger partial charge in [0.05, 0.1) is 12.3 Å². The van der Waals surface area contributed by atoms with E-state index in [0.29, 0.717) is 37.6 Å². The number of carbonyl (C=O) groups excluding carboxylic acids is 1. The lowest BCUT2D eigenvalue weighted by Gasteiger charge is -2.36. The van der Waals surface area contributed by atoms with Crippen LogP contribution in [-0.4, -0.2) is 43.7 Å². The number of anilines is 2. The van der Waals surface area contributed by atoms with Gasteiger partial charge in [-0.3, -0.25) is 4.79 Å². The average molecular weight is 441 g/mol. The number of rotatable bonds is 7. The molecular formula is C23H25FN4O2S. The number of thiazole rings is 1. The highest BCUT2D eigenvalue weighted by Gasteiger charge is 2.22. The third-order valence-corrected chi connectivity index (χ3v) is 6.06. The molecular weight excluding hydrogens is 415 g/mol. The molecule has 1 N–H and O–H groups in total. The number of hydrogen-bond acceptors (Lipinski definition) is 6. The Kier molecular flexibility index (Phi) is 6.66. The summed E-state index contributed by atoms with van der Waals surface area (Å²) in [4.78, 5) is 21.2. The molecule has 1 aliphatic heterocycles. The second-order valence-electron chi connectivity index (χ2n) is 7.20. The van der Waals surface area contributed by atoms with Gasteiger partial charge in [0.1, 0.15) is 17.3 Å². The van der Waals surface area contributed by atoms with Gasteiger partial charge in [-0.05, 0) is 36.8 Å². The fourth-order valence-electron chi connectivity index (χ4n) is 3.50. The Bertz CT molecular complexity index is 1020. The molecule has 0 spiro atoms. The van der Waals surface area contributed by atoms with Gasteiger partial charge in [-0.15, -0.1) is 11.3 Å². The van der Waals surface area contributed by atoms with Crippen LogP contribution in [0.4, 0.5) is 15.2 Å². The van der Waals surface area contributed by atoms with Crippen LogP contribution in [0, 0.1) is 5.82 Å². The molecule has 0 saturated carbocycles. The SMILES string of the molecule is CCOc1ccc(CNC(=O)c2csc(N3CCN(c4ccccc4F)CC3)n2)cc1. The number of carbonyl (C=O) groups is 1. The molecule has 0 unspecified atom stereocenters. The first-order valence-corrected chi connectivity index (χ1v) is 11.2. The molecule has 1 saturated heterocycles. The van der Waals surface area contributed by atoms with Gasteiger partial charge in [-0.25, -0.2) is 9.37 Å². The van der Waals surface area contributed by atoms with Crippen molar-refractivity contribution in [3.8, 4) is 5.75 Å². The van der Waals surface area contributed by atoms with Gasteiger partial charge in [0, 0.05) is 38.1 Å². The van der Waals surface area contributed by atoms with Crippen molar-refractivity contribution in [1.29, 1.82) is 0 Å². The van der Waals surface area contributed by atoms with Crippen molar-refractivity contribution in [2.45, 2.75) is 13.5 Å². The number of amides is 1. The Morgan fingerprint density at radius 3 is 2.52 bits per heavy atom. The van der Waals surface area contributed by atoms with E-state index in [4.69, 9.17) is 4.74 Å². The minimum Gasteiger partial charge on any atom is -0.494 e. The molecule has 31 heavy (non-hydrogen) atoms. The van der Waals surface area contributed by atoms with E-state index in [0.717, 1.165) is 29.5 Å². The molecule has 162 valence electrons. The van der Waals surface area contributed by atoms with Gasteiger partial charge in [-0.1, -0.05) is 24.3 Å². The predicted octanol–water partition coefficient (Wildman–Crippen LogP) is 3.94. The first-order valence-electron chi connectivity index (χ1n) is 10.3. The van der Waals surface area contributed by atoms with Crippen LogP contribution in [0.3, 0.4) is 0 Å². The van der Waals surface area contributed by atoms with Gasteiger partial charge in [0.25, 0.3) is 5.91 Å². The number of ether oxygens (including phenoxy) is 1. The van der Waals surface area contributed by atoms with E-state index < -0.39 is 0 Å². The highest BCUT2D eigenvalue weighted by Crippen LogP contribution is 2.25. The van der Waals surface area contributed by atoms with Crippen molar-refractivity contribution in [3.05, 3.63) is 71.0 Å². The van der Waals surface area contributed by atoms with Crippen molar-refractivity contribution >= 4 is 28.1 Å². The van der Waals surface area contributed by atoms with Crippen molar-refractivity contribution in [2.24, 2.45) is 0 Å². The Hall–Kier alpha value is -3.13. The molecule has 0 bridgehead atoms. The lowest BCUT2D eigenvalue weighted by Crippen LogP contribution is -2.46. The fourth-order valence-corrected chi connectivity index (χ4v) is 4.36. The van der Waals surface area contributed by atoms with E-state index in [2.05, 4.69) is 15.2 Å². The number of halogens is 1. The summed E-state index contributed by atoms with van der Waals surface area (Å²) in [5, 5.41) is 5.52. The number of hydrogen-bond donors (Lipinski definition) is 1. The summed E-state index contributed by atoms with van der Waals surface area (Å²) in [6.45, 7) is 5.88. The van der Waals surface area contributed by atoms with E-state index in [1.807, 2.05) is 42.2 Å². The Morgan fingerprint density at radius 2 is 1.81 bits per heavy atom. The molecule has 3 aromatic rings. The Labute approximate surface area is 185 Å². The molecule has 1 aliphatic rings. The zero-order valence-corrected chi connectivity index (χ0v) is 18.2. The summed E-state index contributed by atoms with van der Waals surface area (Å²) < 4.78 is 19.5. The number of nitrogens with zero attached hydrogens (tertiary/aromatic N) is 3. The first kappa shape index (κ1) is 21.1. The molecule has 4 rings (SSSR count). The van der Waals surface area contributed by atoms with Crippen LogP contribution in [0.2, 0.25) is 0 Å². The molecule has 2 heterocycles. The molecule has 0 atom stereocenters. The summed E-state index contributed by atoms with van der Waals surface area (Å²) in [5.74, 6) is 0.426. The fraction of sp³-hybridized carbons (Fsp3) is 0.304. The van der Waals surface area contributed by atoms with Gasteiger partial charge in [-0.2, -0.15) is 0 Å². The second kappa shape index (κ2) is 9.78. The molecule has 0 radical (unpaired) electrons. The maximum absolute atomic E-state index is 14.0. The van der Waals surface area contributed by atoms with Crippen molar-refractivity contribution in [3.63, 3.8) is 0 Å². The van der Waals surface area contributed by atoms with Gasteiger partial charge in [0.2, 0.25) is 0 Å². The number of benzene rings is 2. The molecule has 8 heteroatoms. The molecule has 1 fully saturated rings. The summed E-state index contributed by atoms with van der Waals surface area (Å²) in [5.41, 5.74) is 2.05. The maximum Gasteiger partial charge on any atom is 0.271 e. The largest absolute Gasteiger partial charge is 0.494 e. The molecule has 1 aromatic heterocycles. The molecule has 1 amide bonds. The Morgan fingerprint density at radius 1 is 1.10 bits per heavy atom. The Balaban J connectivity index is 1.30. The smallest absolute Gasteiger partial charge is 0.271 e. The number of para-hydroxylation sites is 1. The topological polar surface area (TPSA) is 57.7 Å². The third-order valence-electron chi connectivity index (χ3n) is 5.16. The van der Waals surface area contributed by atoms with Crippen molar-refractivity contribution in [1.82, 2.24) is 10.3 Å². The van der Waals surface area contributed by atoms with Crippen LogP contribution in [0.15, 0.2) is 53.9 Å². The second-order valence-corrected chi connectivity index (χ2v) is 8.04. The van der Waals surface area contributed by atoms with E-state index in [9.17, 15) is 9.18 Å². The first-order chi connectivity index (χ1) is 15.1. The van der Waals surface area contributed by atoms with Crippen LogP contribution in [0.5, 0.6) is 5.75 Å². The lowest BCUT2D eigenvalue weighted by atomic mass is 10.2. The standard InChI is InChI=1S/C23H25FN4O2S/c1-2-30-18-9-7-17(8-10-18)15-25-22(29)20-16-31-23(26-20)28-13-11-27(12-14-28)21-6-4-3-5-19(21)24/h3-10,16H,2,11-15H2,1H3,(H,25,29).